The van der Waals surface area contributed by atoms with Gasteiger partial charge in [0.05, 0.1) is 17.9 Å². The van der Waals surface area contributed by atoms with Gasteiger partial charge < -0.3 is 35.1 Å². The second-order valence-electron chi connectivity index (χ2n) is 16.7. The molecule has 0 unspecified atom stereocenters. The lowest BCUT2D eigenvalue weighted by Gasteiger charge is -2.43. The number of rotatable bonds is 8. The smallest absolute Gasteiger partial charge is 0.431 e. The van der Waals surface area contributed by atoms with Gasteiger partial charge >= 0.3 is 24.2 Å². The van der Waals surface area contributed by atoms with Crippen LogP contribution in [0.4, 0.5) is 14.4 Å². The number of Topliss-reactive ketones (excluding diaryl/α,β-unsaturated/α-hetero) is 1. The van der Waals surface area contributed by atoms with Crippen molar-refractivity contribution in [2.45, 2.75) is 130 Å². The van der Waals surface area contributed by atoms with Crippen LogP contribution in [-0.4, -0.2) is 92.4 Å². The van der Waals surface area contributed by atoms with Gasteiger partial charge in [-0.05, 0) is 51.2 Å². The van der Waals surface area contributed by atoms with Crippen LogP contribution in [0, 0.1) is 29.1 Å². The number of amides is 3. The molecular weight excluding hydrogens is 759 g/mol. The standard InChI is InChI=1S/C44H61N5O10/c1-9-33-43(6,7)36(49-40(53)54)27(3)34(50)26(2)25-44(8,59-41(55)47-22-13-15-30-18-20-31(21-19-30)38-45-23-14-24-46-38)37(51)28(4)35(29(5)39(52)57-33)58-42(56)48-32-16-11-10-12-17-32/h13-15,18-21,23-24,26-29,32-33,35,37,51H,9-12,16-17,22,25H2,1-8H3,(H,47,55)(H,48,56)(H,53,54)/b15-13+,49-36?/t26-,27+,28+,29-,33-,35+,37-,44-/m1/s1. The maximum absolute atomic E-state index is 14.2. The van der Waals surface area contributed by atoms with Crippen LogP contribution in [0.5, 0.6) is 0 Å². The molecule has 4 N–H and O–H groups in total. The summed E-state index contributed by atoms with van der Waals surface area (Å²) in [6.45, 7) is 12.9. The van der Waals surface area contributed by atoms with Gasteiger partial charge in [0.15, 0.2) is 5.82 Å². The van der Waals surface area contributed by atoms with Crippen LogP contribution < -0.4 is 10.6 Å². The van der Waals surface area contributed by atoms with E-state index in [1.54, 1.807) is 72.2 Å². The molecule has 59 heavy (non-hydrogen) atoms. The van der Waals surface area contributed by atoms with Crippen molar-refractivity contribution in [2.75, 3.05) is 6.54 Å². The topological polar surface area (TPSA) is 216 Å². The van der Waals surface area contributed by atoms with Gasteiger partial charge in [0.25, 0.3) is 0 Å². The molecule has 0 bridgehead atoms. The maximum Gasteiger partial charge on any atom is 0.431 e. The van der Waals surface area contributed by atoms with Crippen LogP contribution >= 0.6 is 0 Å². The zero-order valence-corrected chi connectivity index (χ0v) is 35.5. The van der Waals surface area contributed by atoms with Crippen LogP contribution in [0.15, 0.2) is 53.8 Å². The lowest BCUT2D eigenvalue weighted by Crippen LogP contribution is -2.56. The lowest BCUT2D eigenvalue weighted by molar-refractivity contribution is -0.168. The number of benzene rings is 1. The molecule has 1 saturated carbocycles. The van der Waals surface area contributed by atoms with E-state index in [9.17, 15) is 34.2 Å². The Morgan fingerprint density at radius 3 is 2.24 bits per heavy atom. The Hall–Kier alpha value is -5.18. The normalized spacial score (nSPS) is 29.2. The number of esters is 1. The Kier molecular flexibility index (Phi) is 16.3. The first-order valence-corrected chi connectivity index (χ1v) is 20.6. The van der Waals surface area contributed by atoms with E-state index in [0.717, 1.165) is 43.2 Å². The monoisotopic (exact) mass is 819 g/mol. The molecule has 2 aromatic rings. The van der Waals surface area contributed by atoms with Crippen LogP contribution in [-0.2, 0) is 23.8 Å². The fourth-order valence-electron chi connectivity index (χ4n) is 8.43. The zero-order chi connectivity index (χ0) is 43.5. The fraction of sp³-hybridized carbons (Fsp3) is 0.591. The summed E-state index contributed by atoms with van der Waals surface area (Å²) in [6.07, 6.45) is 4.45. The van der Waals surface area contributed by atoms with E-state index < -0.39 is 83.0 Å². The van der Waals surface area contributed by atoms with Gasteiger partial charge in [-0.3, -0.25) is 9.59 Å². The van der Waals surface area contributed by atoms with Gasteiger partial charge in [-0.15, -0.1) is 0 Å². The summed E-state index contributed by atoms with van der Waals surface area (Å²) < 4.78 is 18.0. The Morgan fingerprint density at radius 1 is 0.983 bits per heavy atom. The Balaban J connectivity index is 1.64. The number of aliphatic imine (C=N–C) groups is 1. The molecule has 322 valence electrons. The molecule has 1 aliphatic heterocycles. The average Bonchev–Trinajstić information content (AvgIpc) is 3.21. The average molecular weight is 820 g/mol. The third kappa shape index (κ3) is 12.2. The molecular formula is C44H61N5O10. The first-order chi connectivity index (χ1) is 27.9. The van der Waals surface area contributed by atoms with E-state index in [-0.39, 0.29) is 31.1 Å². The van der Waals surface area contributed by atoms with E-state index in [2.05, 4.69) is 25.6 Å². The number of ketones is 1. The Bertz CT molecular complexity index is 1830. The molecule has 4 rings (SSSR count). The number of ether oxygens (including phenoxy) is 3. The number of aromatic nitrogens is 2. The van der Waals surface area contributed by atoms with E-state index in [0.29, 0.717) is 5.82 Å². The second kappa shape index (κ2) is 20.7. The SMILES string of the molecule is CC[C@H]1OC(=O)[C@H](C)[C@@H](OC(=O)NC2CCCCC2)[C@H](C)[C@@H](O)[C@](C)(OC(=O)NC/C=C/c2ccc(-c3ncccn3)cc2)C[C@@H](C)C(=O)[C@H](C)C(=NC(=O)O)C1(C)C. The van der Waals surface area contributed by atoms with Crippen LogP contribution in [0.2, 0.25) is 0 Å². The molecule has 1 aliphatic carbocycles. The largest absolute Gasteiger partial charge is 0.463 e. The maximum atomic E-state index is 14.2. The predicted octanol–water partition coefficient (Wildman–Crippen LogP) is 7.41. The van der Waals surface area contributed by atoms with E-state index in [1.807, 2.05) is 24.3 Å². The highest BCUT2D eigenvalue weighted by molar-refractivity contribution is 6.10. The molecule has 1 aromatic heterocycles. The first kappa shape index (κ1) is 46.5. The van der Waals surface area contributed by atoms with E-state index in [4.69, 9.17) is 14.2 Å². The number of cyclic esters (lactones) is 1. The van der Waals surface area contributed by atoms with Crippen molar-refractivity contribution >= 4 is 41.8 Å². The molecule has 2 fully saturated rings. The molecule has 15 nitrogen and oxygen atoms in total. The minimum atomic E-state index is -1.79. The summed E-state index contributed by atoms with van der Waals surface area (Å²) in [5.41, 5.74) is -1.33. The van der Waals surface area contributed by atoms with Gasteiger partial charge in [0.1, 0.15) is 23.6 Å². The Labute approximate surface area is 346 Å². The Morgan fingerprint density at radius 2 is 1.63 bits per heavy atom. The number of nitrogens with one attached hydrogen (secondary N) is 2. The number of aliphatic hydroxyl groups excluding tert-OH is 1. The van der Waals surface area contributed by atoms with Gasteiger partial charge in [0, 0.05) is 53.5 Å². The summed E-state index contributed by atoms with van der Waals surface area (Å²) in [6, 6.07) is 9.16. The number of carbonyl (C=O) groups excluding carboxylic acids is 4. The van der Waals surface area contributed by atoms with Crippen molar-refractivity contribution in [3.8, 4) is 11.4 Å². The molecule has 1 saturated heterocycles. The summed E-state index contributed by atoms with van der Waals surface area (Å²) >= 11 is 0. The van der Waals surface area contributed by atoms with Gasteiger partial charge in [-0.25, -0.2) is 24.4 Å². The first-order valence-electron chi connectivity index (χ1n) is 20.6. The number of nitrogens with zero attached hydrogens (tertiary/aromatic N) is 3. The highest BCUT2D eigenvalue weighted by Gasteiger charge is 2.50. The molecule has 1 aromatic carbocycles. The number of carbonyl (C=O) groups is 5. The van der Waals surface area contributed by atoms with Crippen LogP contribution in [0.25, 0.3) is 17.5 Å². The molecule has 15 heteroatoms. The highest BCUT2D eigenvalue weighted by atomic mass is 16.6. The fourth-order valence-corrected chi connectivity index (χ4v) is 8.43. The zero-order valence-electron chi connectivity index (χ0n) is 35.5. The van der Waals surface area contributed by atoms with Crippen molar-refractivity contribution in [2.24, 2.45) is 34.1 Å². The number of hydrogen-bond acceptors (Lipinski definition) is 11. The van der Waals surface area contributed by atoms with Crippen molar-refractivity contribution in [3.63, 3.8) is 0 Å². The third-order valence-electron chi connectivity index (χ3n) is 11.8. The predicted molar refractivity (Wildman–Crippen MR) is 221 cm³/mol. The van der Waals surface area contributed by atoms with Crippen molar-refractivity contribution in [1.82, 2.24) is 20.6 Å². The minimum Gasteiger partial charge on any atom is -0.463 e. The lowest BCUT2D eigenvalue weighted by atomic mass is 9.71. The molecule has 0 radical (unpaired) electrons. The molecule has 2 aliphatic rings. The summed E-state index contributed by atoms with van der Waals surface area (Å²) in [7, 11) is 0. The van der Waals surface area contributed by atoms with E-state index >= 15 is 0 Å². The van der Waals surface area contributed by atoms with Crippen LogP contribution in [0.1, 0.15) is 106 Å². The number of hydrogen-bond donors (Lipinski definition) is 4. The van der Waals surface area contributed by atoms with Gasteiger partial charge in [0.2, 0.25) is 0 Å². The van der Waals surface area contributed by atoms with Crippen molar-refractivity contribution in [3.05, 3.63) is 54.4 Å². The summed E-state index contributed by atoms with van der Waals surface area (Å²) in [4.78, 5) is 79.6. The minimum absolute atomic E-state index is 0.00465. The quantitative estimate of drug-likeness (QED) is 0.151. The molecule has 0 spiro atoms. The van der Waals surface area contributed by atoms with Crippen LogP contribution in [0.3, 0.4) is 0 Å². The highest BCUT2D eigenvalue weighted by Crippen LogP contribution is 2.38. The van der Waals surface area contributed by atoms with Gasteiger partial charge in [-0.2, -0.15) is 4.99 Å². The number of carboxylic acid groups (broad SMARTS) is 1. The van der Waals surface area contributed by atoms with E-state index in [1.165, 1.54) is 13.8 Å². The molecule has 2 heterocycles. The number of aliphatic hydroxyl groups is 1. The number of alkyl carbamates (subject to hydrolysis) is 2. The molecule has 3 amide bonds. The summed E-state index contributed by atoms with van der Waals surface area (Å²) in [5.74, 6) is -4.73. The molecule has 8 atom stereocenters. The van der Waals surface area contributed by atoms with Crippen molar-refractivity contribution in [1.29, 1.82) is 0 Å². The second-order valence-corrected chi connectivity index (χ2v) is 16.7. The van der Waals surface area contributed by atoms with Crippen molar-refractivity contribution < 1.29 is 48.4 Å². The summed E-state index contributed by atoms with van der Waals surface area (Å²) in [5, 5.41) is 27.6. The van der Waals surface area contributed by atoms with Gasteiger partial charge in [-0.1, -0.05) is 97.2 Å². The third-order valence-corrected chi connectivity index (χ3v) is 11.8.